The zero-order valence-corrected chi connectivity index (χ0v) is 13.2. The van der Waals surface area contributed by atoms with E-state index in [1.807, 2.05) is 0 Å². The van der Waals surface area contributed by atoms with Gasteiger partial charge >= 0.3 is 6.18 Å². The molecule has 0 amide bonds. The number of hydrogen-bond acceptors (Lipinski definition) is 5. The van der Waals surface area contributed by atoms with Crippen LogP contribution in [-0.2, 0) is 0 Å². The topological polar surface area (TPSA) is 29.0 Å². The number of hydrogen-bond donors (Lipinski definition) is 0. The highest BCUT2D eigenvalue weighted by atomic mass is 32.2. The van der Waals surface area contributed by atoms with Crippen LogP contribution in [0, 0.1) is 5.92 Å². The van der Waals surface area contributed by atoms with Crippen molar-refractivity contribution in [3.8, 4) is 0 Å². The molecule has 3 heterocycles. The second kappa shape index (κ2) is 6.42. The first kappa shape index (κ1) is 15.6. The first-order valence-electron chi connectivity index (χ1n) is 7.25. The smallest absolute Gasteiger partial charge is 0.302 e. The molecule has 0 aliphatic carbocycles. The molecule has 21 heavy (non-hydrogen) atoms. The molecular formula is C13H18F3N3S2. The highest BCUT2D eigenvalue weighted by Crippen LogP contribution is 2.39. The number of piperidine rings is 1. The van der Waals surface area contributed by atoms with Crippen LogP contribution >= 0.6 is 23.5 Å². The number of nitrogens with zero attached hydrogens (tertiary/aromatic N) is 3. The molecule has 3 unspecified atom stereocenters. The normalized spacial score (nSPS) is 29.0. The Hall–Kier alpha value is -0.340. The fourth-order valence-corrected chi connectivity index (χ4v) is 4.98. The van der Waals surface area contributed by atoms with Gasteiger partial charge in [0.05, 0.1) is 17.4 Å². The molecule has 0 N–H and O–H groups in total. The largest absolute Gasteiger partial charge is 0.389 e. The molecule has 2 aliphatic rings. The minimum Gasteiger partial charge on any atom is -0.302 e. The van der Waals surface area contributed by atoms with Crippen molar-refractivity contribution in [2.75, 3.05) is 25.4 Å². The molecule has 3 nitrogen and oxygen atoms in total. The number of aromatic nitrogens is 2. The van der Waals surface area contributed by atoms with Crippen LogP contribution in [0.4, 0.5) is 13.2 Å². The van der Waals surface area contributed by atoms with Crippen molar-refractivity contribution in [3.05, 3.63) is 5.69 Å². The summed E-state index contributed by atoms with van der Waals surface area (Å²) < 4.78 is 45.1. The van der Waals surface area contributed by atoms with Gasteiger partial charge in [-0.25, -0.2) is 0 Å². The third-order valence-electron chi connectivity index (χ3n) is 4.18. The average Bonchev–Trinajstić information content (AvgIpc) is 3.00. The summed E-state index contributed by atoms with van der Waals surface area (Å²) in [5.41, 5.74) is 1.02. The van der Waals surface area contributed by atoms with Crippen molar-refractivity contribution >= 4 is 23.5 Å². The second-order valence-electron chi connectivity index (χ2n) is 5.87. The molecule has 2 aliphatic heterocycles. The molecule has 2 saturated heterocycles. The highest BCUT2D eigenvalue weighted by Gasteiger charge is 2.35. The Balaban J connectivity index is 1.54. The third kappa shape index (κ3) is 4.10. The van der Waals surface area contributed by atoms with Gasteiger partial charge in [0, 0.05) is 25.4 Å². The van der Waals surface area contributed by atoms with Crippen LogP contribution in [-0.4, -0.2) is 45.2 Å². The molecule has 8 heteroatoms. The Morgan fingerprint density at radius 2 is 2.14 bits per heavy atom. The molecule has 2 bridgehead atoms. The van der Waals surface area contributed by atoms with E-state index in [1.54, 1.807) is 0 Å². The molecule has 0 radical (unpaired) electrons. The molecule has 2 fully saturated rings. The lowest BCUT2D eigenvalue weighted by atomic mass is 9.89. The predicted octanol–water partition coefficient (Wildman–Crippen LogP) is 3.78. The summed E-state index contributed by atoms with van der Waals surface area (Å²) in [7, 11) is 0. The fourth-order valence-electron chi connectivity index (χ4n) is 3.24. The van der Waals surface area contributed by atoms with Crippen LogP contribution in [0.3, 0.4) is 0 Å². The van der Waals surface area contributed by atoms with E-state index in [2.05, 4.69) is 13.6 Å². The van der Waals surface area contributed by atoms with Gasteiger partial charge in [0.1, 0.15) is 5.03 Å². The molecule has 1 aromatic rings. The van der Waals surface area contributed by atoms with Crippen molar-refractivity contribution < 1.29 is 13.2 Å². The SMILES string of the molecule is FC(F)(F)CCCSc1nsnc1C1CC2CCN(C2)C1. The first-order valence-corrected chi connectivity index (χ1v) is 8.97. The summed E-state index contributed by atoms with van der Waals surface area (Å²) in [4.78, 5) is 2.47. The number of fused-ring (bicyclic) bond motifs is 2. The van der Waals surface area contributed by atoms with E-state index < -0.39 is 12.6 Å². The van der Waals surface area contributed by atoms with Crippen molar-refractivity contribution in [2.24, 2.45) is 5.92 Å². The number of rotatable bonds is 5. The summed E-state index contributed by atoms with van der Waals surface area (Å²) in [6, 6.07) is 0. The Labute approximate surface area is 130 Å². The van der Waals surface area contributed by atoms with Gasteiger partial charge in [-0.05, 0) is 37.5 Å². The van der Waals surface area contributed by atoms with Gasteiger partial charge < -0.3 is 4.90 Å². The summed E-state index contributed by atoms with van der Waals surface area (Å²) >= 11 is 2.61. The summed E-state index contributed by atoms with van der Waals surface area (Å²) in [5, 5.41) is 0.856. The zero-order chi connectivity index (χ0) is 14.9. The monoisotopic (exact) mass is 337 g/mol. The van der Waals surface area contributed by atoms with Crippen molar-refractivity contribution in [3.63, 3.8) is 0 Å². The van der Waals surface area contributed by atoms with Crippen LogP contribution in [0.5, 0.6) is 0 Å². The molecule has 0 saturated carbocycles. The second-order valence-corrected chi connectivity index (χ2v) is 7.48. The summed E-state index contributed by atoms with van der Waals surface area (Å²) in [6.07, 6.45) is -2.21. The Morgan fingerprint density at radius 3 is 2.90 bits per heavy atom. The van der Waals surface area contributed by atoms with Crippen LogP contribution < -0.4 is 0 Å². The third-order valence-corrected chi connectivity index (χ3v) is 5.90. The maximum Gasteiger partial charge on any atom is 0.389 e. The van der Waals surface area contributed by atoms with Crippen molar-refractivity contribution in [1.29, 1.82) is 0 Å². The molecule has 0 spiro atoms. The van der Waals surface area contributed by atoms with E-state index in [4.69, 9.17) is 0 Å². The maximum absolute atomic E-state index is 12.1. The first-order chi connectivity index (χ1) is 10.0. The summed E-state index contributed by atoms with van der Waals surface area (Å²) in [6.45, 7) is 3.40. The highest BCUT2D eigenvalue weighted by molar-refractivity contribution is 7.99. The molecule has 3 atom stereocenters. The van der Waals surface area contributed by atoms with E-state index >= 15 is 0 Å². The average molecular weight is 337 g/mol. The van der Waals surface area contributed by atoms with Crippen molar-refractivity contribution in [1.82, 2.24) is 13.6 Å². The minimum atomic E-state index is -4.06. The van der Waals surface area contributed by atoms with Crippen LogP contribution in [0.1, 0.15) is 37.3 Å². The van der Waals surface area contributed by atoms with Crippen LogP contribution in [0.2, 0.25) is 0 Å². The minimum absolute atomic E-state index is 0.143. The zero-order valence-electron chi connectivity index (χ0n) is 11.6. The number of thioether (sulfide) groups is 1. The molecule has 3 rings (SSSR count). The van der Waals surface area contributed by atoms with E-state index in [9.17, 15) is 13.2 Å². The molecule has 1 aromatic heterocycles. The van der Waals surface area contributed by atoms with Crippen LogP contribution in [0.25, 0.3) is 0 Å². The van der Waals surface area contributed by atoms with Gasteiger partial charge in [0.15, 0.2) is 0 Å². The number of halogens is 3. The van der Waals surface area contributed by atoms with Gasteiger partial charge in [0.25, 0.3) is 0 Å². The van der Waals surface area contributed by atoms with E-state index in [0.29, 0.717) is 11.7 Å². The van der Waals surface area contributed by atoms with Crippen LogP contribution in [0.15, 0.2) is 5.03 Å². The number of alkyl halides is 3. The fraction of sp³-hybridized carbons (Fsp3) is 0.846. The Bertz CT molecular complexity index is 465. The van der Waals surface area contributed by atoms with E-state index in [1.165, 1.54) is 43.0 Å². The molecule has 0 aromatic carbocycles. The van der Waals surface area contributed by atoms with Crippen molar-refractivity contribution in [2.45, 2.75) is 42.8 Å². The Kier molecular flexibility index (Phi) is 4.75. The van der Waals surface area contributed by atoms with Gasteiger partial charge in [-0.2, -0.15) is 21.9 Å². The predicted molar refractivity (Wildman–Crippen MR) is 77.8 cm³/mol. The lowest BCUT2D eigenvalue weighted by Gasteiger charge is -2.29. The van der Waals surface area contributed by atoms with E-state index in [0.717, 1.165) is 29.6 Å². The van der Waals surface area contributed by atoms with Gasteiger partial charge in [-0.15, -0.1) is 11.8 Å². The standard InChI is InChI=1S/C13H18F3N3S2/c14-13(15,16)3-1-5-20-12-11(17-21-18-12)10-6-9-2-4-19(7-9)8-10/h9-10H,1-8H2. The molecular weight excluding hydrogens is 319 g/mol. The lowest BCUT2D eigenvalue weighted by Crippen LogP contribution is -2.32. The maximum atomic E-state index is 12.1. The van der Waals surface area contributed by atoms with E-state index in [-0.39, 0.29) is 6.42 Å². The van der Waals surface area contributed by atoms with Gasteiger partial charge in [0.2, 0.25) is 0 Å². The summed E-state index contributed by atoms with van der Waals surface area (Å²) in [5.74, 6) is 1.63. The lowest BCUT2D eigenvalue weighted by molar-refractivity contribution is -0.134. The quantitative estimate of drug-likeness (QED) is 0.604. The van der Waals surface area contributed by atoms with Gasteiger partial charge in [-0.1, -0.05) is 0 Å². The Morgan fingerprint density at radius 1 is 1.29 bits per heavy atom. The van der Waals surface area contributed by atoms with Gasteiger partial charge in [-0.3, -0.25) is 0 Å². The molecule has 118 valence electrons.